The highest BCUT2D eigenvalue weighted by Gasteiger charge is 2.21. The lowest BCUT2D eigenvalue weighted by atomic mass is 10.1. The molecule has 1 rings (SSSR count). The minimum atomic E-state index is -0.671. The van der Waals surface area contributed by atoms with Crippen LogP contribution in [0.3, 0.4) is 0 Å². The van der Waals surface area contributed by atoms with E-state index >= 15 is 0 Å². The number of nitro groups is 1. The molecule has 0 heterocycles. The molecule has 0 aliphatic carbocycles. The number of nitrogens with one attached hydrogen (secondary N) is 1. The molecule has 0 radical (unpaired) electrons. The number of aryl methyl sites for hydroxylation is 1. The molecular weight excluding hydrogens is 240 g/mol. The van der Waals surface area contributed by atoms with Gasteiger partial charge in [0.15, 0.2) is 0 Å². The fraction of sp³-hybridized carbons (Fsp3) is 0.273. The van der Waals surface area contributed by atoms with Crippen LogP contribution in [0.2, 0.25) is 0 Å². The standard InChI is InChI=1S/C11H12N2O5/c1-6-4-8(11(15)18-3)5-9(13(16)17)10(6)12-7(2)14/h4-5H,1-3H3,(H,12,14). The minimum Gasteiger partial charge on any atom is -0.465 e. The first-order valence-corrected chi connectivity index (χ1v) is 5.01. The Balaban J connectivity index is 3.40. The Kier molecular flexibility index (Phi) is 3.98. The quantitative estimate of drug-likeness (QED) is 0.501. The van der Waals surface area contributed by atoms with Crippen molar-refractivity contribution in [2.24, 2.45) is 0 Å². The Morgan fingerprint density at radius 3 is 2.44 bits per heavy atom. The number of carbonyl (C=O) groups excluding carboxylic acids is 2. The average molecular weight is 252 g/mol. The van der Waals surface area contributed by atoms with Crippen molar-refractivity contribution in [2.75, 3.05) is 12.4 Å². The van der Waals surface area contributed by atoms with Crippen LogP contribution >= 0.6 is 0 Å². The molecule has 0 fully saturated rings. The van der Waals surface area contributed by atoms with Crippen molar-refractivity contribution in [2.45, 2.75) is 13.8 Å². The predicted molar refractivity (Wildman–Crippen MR) is 63.5 cm³/mol. The predicted octanol–water partition coefficient (Wildman–Crippen LogP) is 1.65. The molecule has 0 aliphatic heterocycles. The number of rotatable bonds is 3. The molecule has 1 aromatic carbocycles. The van der Waals surface area contributed by atoms with Gasteiger partial charge in [0.2, 0.25) is 5.91 Å². The number of carbonyl (C=O) groups is 2. The third-order valence-corrected chi connectivity index (χ3v) is 2.23. The largest absolute Gasteiger partial charge is 0.465 e. The molecule has 0 saturated carbocycles. The van der Waals surface area contributed by atoms with Crippen molar-refractivity contribution in [3.05, 3.63) is 33.4 Å². The number of amides is 1. The number of nitrogens with zero attached hydrogens (tertiary/aromatic N) is 1. The van der Waals surface area contributed by atoms with Crippen LogP contribution in [0.5, 0.6) is 0 Å². The normalized spacial score (nSPS) is 9.72. The lowest BCUT2D eigenvalue weighted by Gasteiger charge is -2.09. The van der Waals surface area contributed by atoms with Crippen LogP contribution in [-0.4, -0.2) is 23.9 Å². The summed E-state index contributed by atoms with van der Waals surface area (Å²) < 4.78 is 4.50. The van der Waals surface area contributed by atoms with Gasteiger partial charge in [0, 0.05) is 13.0 Å². The number of methoxy groups -OCH3 is 1. The Bertz CT molecular complexity index is 524. The molecule has 0 unspecified atom stereocenters. The van der Waals surface area contributed by atoms with Crippen molar-refractivity contribution in [3.8, 4) is 0 Å². The summed E-state index contributed by atoms with van der Waals surface area (Å²) in [6.45, 7) is 2.81. The van der Waals surface area contributed by atoms with Crippen molar-refractivity contribution in [3.63, 3.8) is 0 Å². The zero-order valence-corrected chi connectivity index (χ0v) is 10.1. The van der Waals surface area contributed by atoms with E-state index in [2.05, 4.69) is 10.1 Å². The van der Waals surface area contributed by atoms with Gasteiger partial charge in [-0.2, -0.15) is 0 Å². The van der Waals surface area contributed by atoms with Gasteiger partial charge in [-0.05, 0) is 18.6 Å². The maximum absolute atomic E-state index is 11.3. The van der Waals surface area contributed by atoms with E-state index in [0.717, 1.165) is 6.07 Å². The van der Waals surface area contributed by atoms with Crippen LogP contribution < -0.4 is 5.32 Å². The highest BCUT2D eigenvalue weighted by Crippen LogP contribution is 2.30. The molecule has 1 aromatic rings. The van der Waals surface area contributed by atoms with Crippen LogP contribution in [0.25, 0.3) is 0 Å². The van der Waals surface area contributed by atoms with Gasteiger partial charge in [-0.15, -0.1) is 0 Å². The molecule has 0 bridgehead atoms. The monoisotopic (exact) mass is 252 g/mol. The van der Waals surface area contributed by atoms with Gasteiger partial charge >= 0.3 is 5.97 Å². The summed E-state index contributed by atoms with van der Waals surface area (Å²) >= 11 is 0. The topological polar surface area (TPSA) is 98.5 Å². The molecule has 7 nitrogen and oxygen atoms in total. The van der Waals surface area contributed by atoms with Crippen LogP contribution in [-0.2, 0) is 9.53 Å². The smallest absolute Gasteiger partial charge is 0.338 e. The number of ether oxygens (including phenoxy) is 1. The zero-order valence-electron chi connectivity index (χ0n) is 10.1. The highest BCUT2D eigenvalue weighted by atomic mass is 16.6. The van der Waals surface area contributed by atoms with Gasteiger partial charge in [-0.25, -0.2) is 4.79 Å². The third kappa shape index (κ3) is 2.82. The second-order valence-electron chi connectivity index (χ2n) is 3.62. The molecule has 0 aliphatic rings. The second-order valence-corrected chi connectivity index (χ2v) is 3.62. The van der Waals surface area contributed by atoms with Gasteiger partial charge in [0.25, 0.3) is 5.69 Å². The van der Waals surface area contributed by atoms with E-state index in [1.165, 1.54) is 20.1 Å². The van der Waals surface area contributed by atoms with Gasteiger partial charge in [0.05, 0.1) is 17.6 Å². The first kappa shape index (κ1) is 13.6. The van der Waals surface area contributed by atoms with Crippen molar-refractivity contribution < 1.29 is 19.2 Å². The maximum atomic E-state index is 11.3. The summed E-state index contributed by atoms with van der Waals surface area (Å²) in [4.78, 5) is 32.6. The SMILES string of the molecule is COC(=O)c1cc(C)c(NC(C)=O)c([N+](=O)[O-])c1. The highest BCUT2D eigenvalue weighted by molar-refractivity contribution is 5.96. The second kappa shape index (κ2) is 5.26. The average Bonchev–Trinajstić information content (AvgIpc) is 2.29. The number of anilines is 1. The summed E-state index contributed by atoms with van der Waals surface area (Å²) in [5.41, 5.74) is 0.223. The van der Waals surface area contributed by atoms with E-state index in [1.54, 1.807) is 6.92 Å². The molecule has 0 atom stereocenters. The summed E-state index contributed by atoms with van der Waals surface area (Å²) in [5.74, 6) is -1.09. The Labute approximate surface area is 103 Å². The zero-order chi connectivity index (χ0) is 13.9. The van der Waals surface area contributed by atoms with Crippen LogP contribution in [0, 0.1) is 17.0 Å². The summed E-state index contributed by atoms with van der Waals surface area (Å²) in [6.07, 6.45) is 0. The molecule has 0 spiro atoms. The van der Waals surface area contributed by atoms with Crippen molar-refractivity contribution >= 4 is 23.3 Å². The molecule has 1 amide bonds. The van der Waals surface area contributed by atoms with E-state index < -0.39 is 16.8 Å². The van der Waals surface area contributed by atoms with Crippen LogP contribution in [0.4, 0.5) is 11.4 Å². The number of hydrogen-bond donors (Lipinski definition) is 1. The Morgan fingerprint density at radius 1 is 1.39 bits per heavy atom. The molecule has 18 heavy (non-hydrogen) atoms. The van der Waals surface area contributed by atoms with E-state index in [1.807, 2.05) is 0 Å². The molecule has 96 valence electrons. The Hall–Kier alpha value is -2.44. The van der Waals surface area contributed by atoms with Gasteiger partial charge in [-0.1, -0.05) is 0 Å². The first-order chi connectivity index (χ1) is 8.36. The lowest BCUT2D eigenvalue weighted by Crippen LogP contribution is -2.11. The number of nitro benzene ring substituents is 1. The fourth-order valence-corrected chi connectivity index (χ4v) is 1.49. The minimum absolute atomic E-state index is 0.0656. The molecular formula is C11H12N2O5. The van der Waals surface area contributed by atoms with Gasteiger partial charge in [0.1, 0.15) is 5.69 Å². The molecule has 7 heteroatoms. The fourth-order valence-electron chi connectivity index (χ4n) is 1.49. The molecule has 0 saturated heterocycles. The number of benzene rings is 1. The van der Waals surface area contributed by atoms with E-state index in [9.17, 15) is 19.7 Å². The third-order valence-electron chi connectivity index (χ3n) is 2.23. The van der Waals surface area contributed by atoms with E-state index in [0.29, 0.717) is 5.56 Å². The molecule has 1 N–H and O–H groups in total. The van der Waals surface area contributed by atoms with E-state index in [4.69, 9.17) is 0 Å². The summed E-state index contributed by atoms with van der Waals surface area (Å²) in [6, 6.07) is 2.49. The Morgan fingerprint density at radius 2 is 2.00 bits per heavy atom. The van der Waals surface area contributed by atoms with Crippen molar-refractivity contribution in [1.82, 2.24) is 0 Å². The van der Waals surface area contributed by atoms with Crippen LogP contribution in [0.15, 0.2) is 12.1 Å². The first-order valence-electron chi connectivity index (χ1n) is 5.01. The molecule has 0 aromatic heterocycles. The number of hydrogen-bond acceptors (Lipinski definition) is 5. The lowest BCUT2D eigenvalue weighted by molar-refractivity contribution is -0.384. The van der Waals surface area contributed by atoms with Crippen LogP contribution in [0.1, 0.15) is 22.8 Å². The maximum Gasteiger partial charge on any atom is 0.338 e. The van der Waals surface area contributed by atoms with Gasteiger partial charge in [-0.3, -0.25) is 14.9 Å². The summed E-state index contributed by atoms with van der Waals surface area (Å²) in [5, 5.41) is 13.3. The van der Waals surface area contributed by atoms with E-state index in [-0.39, 0.29) is 16.9 Å². The number of esters is 1. The van der Waals surface area contributed by atoms with Crippen molar-refractivity contribution in [1.29, 1.82) is 0 Å². The van der Waals surface area contributed by atoms with Gasteiger partial charge < -0.3 is 10.1 Å². The summed E-state index contributed by atoms with van der Waals surface area (Å²) in [7, 11) is 1.19.